The molecule has 2 nitrogen and oxygen atoms in total. The van der Waals surface area contributed by atoms with E-state index in [-0.39, 0.29) is 6.71 Å². The van der Waals surface area contributed by atoms with E-state index in [4.69, 9.17) is 0 Å². The number of anilines is 6. The van der Waals surface area contributed by atoms with E-state index in [0.29, 0.717) is 11.8 Å². The van der Waals surface area contributed by atoms with Gasteiger partial charge >= 0.3 is 0 Å². The molecule has 5 aromatic rings. The number of para-hydroxylation sites is 2. The van der Waals surface area contributed by atoms with Gasteiger partial charge in [0.05, 0.1) is 0 Å². The standard InChI is InChI=1S/C42H41BN2/c1-3-12-30(13-4-1)32-22-26-34(27-23-32)44-38-18-9-7-16-36(38)43-37-17-8-10-19-39(37)45(41-21-11-20-40(44)42(41)43)35-28-24-33(25-29-35)31-14-5-2-6-15-31/h7-11,16-31H,1-6,12-15H2. The molecule has 45 heavy (non-hydrogen) atoms. The van der Waals surface area contributed by atoms with Crippen molar-refractivity contribution in [2.75, 3.05) is 9.80 Å². The maximum atomic E-state index is 2.52. The molecule has 0 saturated heterocycles. The van der Waals surface area contributed by atoms with Gasteiger partial charge in [0, 0.05) is 34.1 Å². The third kappa shape index (κ3) is 4.54. The Labute approximate surface area is 268 Å². The Kier molecular flexibility index (Phi) is 6.80. The normalized spacial score (nSPS) is 17.9. The van der Waals surface area contributed by atoms with Crippen molar-refractivity contribution < 1.29 is 0 Å². The Hall–Kier alpha value is -4.24. The molecular weight excluding hydrogens is 543 g/mol. The summed E-state index contributed by atoms with van der Waals surface area (Å²) in [6.45, 7) is 0.194. The summed E-state index contributed by atoms with van der Waals surface area (Å²) in [6, 6.07) is 44.3. The van der Waals surface area contributed by atoms with Crippen LogP contribution in [0.4, 0.5) is 34.1 Å². The Morgan fingerprint density at radius 3 is 1.24 bits per heavy atom. The van der Waals surface area contributed by atoms with Crippen molar-refractivity contribution in [3.05, 3.63) is 126 Å². The quantitative estimate of drug-likeness (QED) is 0.190. The molecule has 2 saturated carbocycles. The van der Waals surface area contributed by atoms with Crippen LogP contribution in [-0.2, 0) is 0 Å². The third-order valence-electron chi connectivity index (χ3n) is 11.3. The van der Waals surface area contributed by atoms with E-state index in [9.17, 15) is 0 Å². The summed E-state index contributed by atoms with van der Waals surface area (Å²) in [5, 5.41) is 0. The van der Waals surface area contributed by atoms with Gasteiger partial charge in [-0.2, -0.15) is 0 Å². The van der Waals surface area contributed by atoms with Crippen molar-refractivity contribution in [3.8, 4) is 0 Å². The Morgan fingerprint density at radius 1 is 0.400 bits per heavy atom. The van der Waals surface area contributed by atoms with Crippen LogP contribution in [0.3, 0.4) is 0 Å². The highest BCUT2D eigenvalue weighted by molar-refractivity contribution is 7.00. The van der Waals surface area contributed by atoms with Gasteiger partial charge in [0.1, 0.15) is 0 Å². The summed E-state index contributed by atoms with van der Waals surface area (Å²) in [5.74, 6) is 1.43. The average Bonchev–Trinajstić information content (AvgIpc) is 3.12. The zero-order chi connectivity index (χ0) is 29.7. The summed E-state index contributed by atoms with van der Waals surface area (Å²) < 4.78 is 0. The number of benzene rings is 5. The highest BCUT2D eigenvalue weighted by atomic mass is 15.2. The molecule has 2 heterocycles. The van der Waals surface area contributed by atoms with Crippen LogP contribution in [0.2, 0.25) is 0 Å². The third-order valence-corrected chi connectivity index (χ3v) is 11.3. The number of hydrogen-bond donors (Lipinski definition) is 0. The zero-order valence-corrected chi connectivity index (χ0v) is 26.2. The molecule has 5 aromatic carbocycles. The number of fused-ring (bicyclic) bond motifs is 4. The monoisotopic (exact) mass is 584 g/mol. The van der Waals surface area contributed by atoms with Gasteiger partial charge in [-0.1, -0.05) is 105 Å². The topological polar surface area (TPSA) is 6.48 Å². The molecule has 222 valence electrons. The van der Waals surface area contributed by atoms with Crippen LogP contribution < -0.4 is 26.2 Å². The maximum Gasteiger partial charge on any atom is 0.252 e. The van der Waals surface area contributed by atoms with Gasteiger partial charge in [-0.25, -0.2) is 0 Å². The summed E-state index contributed by atoms with van der Waals surface area (Å²) in [4.78, 5) is 5.04. The molecular formula is C42H41BN2. The van der Waals surface area contributed by atoms with Crippen molar-refractivity contribution in [3.63, 3.8) is 0 Å². The van der Waals surface area contributed by atoms with Crippen LogP contribution in [-0.4, -0.2) is 6.71 Å². The van der Waals surface area contributed by atoms with Gasteiger partial charge in [-0.05, 0) is 114 Å². The molecule has 2 aliphatic heterocycles. The first-order valence-corrected chi connectivity index (χ1v) is 17.5. The summed E-state index contributed by atoms with van der Waals surface area (Å²) in [5.41, 5.74) is 14.8. The van der Waals surface area contributed by atoms with Gasteiger partial charge in [0.25, 0.3) is 6.71 Å². The Morgan fingerprint density at radius 2 is 0.800 bits per heavy atom. The lowest BCUT2D eigenvalue weighted by atomic mass is 9.33. The number of nitrogens with zero attached hydrogens (tertiary/aromatic N) is 2. The van der Waals surface area contributed by atoms with E-state index in [1.54, 1.807) is 0 Å². The lowest BCUT2D eigenvalue weighted by molar-refractivity contribution is 0.443. The SMILES string of the molecule is c1ccc2c(c1)B1c3ccccc3N(c3ccc(C4CCCCC4)cc3)c3cccc(c31)N2c1ccc(C2CCCCC2)cc1. The molecule has 0 spiro atoms. The van der Waals surface area contributed by atoms with E-state index in [0.717, 1.165) is 0 Å². The molecule has 0 N–H and O–H groups in total. The van der Waals surface area contributed by atoms with E-state index in [2.05, 4.69) is 125 Å². The van der Waals surface area contributed by atoms with Crippen molar-refractivity contribution in [2.24, 2.45) is 0 Å². The molecule has 0 radical (unpaired) electrons. The van der Waals surface area contributed by atoms with Crippen molar-refractivity contribution in [2.45, 2.75) is 76.0 Å². The summed E-state index contributed by atoms with van der Waals surface area (Å²) in [6.07, 6.45) is 13.6. The van der Waals surface area contributed by atoms with Crippen LogP contribution in [0.5, 0.6) is 0 Å². The van der Waals surface area contributed by atoms with E-state index in [1.165, 1.54) is 126 Å². The molecule has 0 atom stereocenters. The highest BCUT2D eigenvalue weighted by Crippen LogP contribution is 2.44. The minimum Gasteiger partial charge on any atom is -0.311 e. The molecule has 0 unspecified atom stereocenters. The molecule has 2 fully saturated rings. The van der Waals surface area contributed by atoms with E-state index in [1.807, 2.05) is 0 Å². The Bertz CT molecular complexity index is 1700. The molecule has 0 amide bonds. The lowest BCUT2D eigenvalue weighted by Crippen LogP contribution is -2.61. The first-order chi connectivity index (χ1) is 22.3. The van der Waals surface area contributed by atoms with Crippen molar-refractivity contribution in [1.82, 2.24) is 0 Å². The second-order valence-corrected chi connectivity index (χ2v) is 13.8. The predicted octanol–water partition coefficient (Wildman–Crippen LogP) is 9.86. The minimum absolute atomic E-state index is 0.194. The first-order valence-electron chi connectivity index (χ1n) is 17.5. The molecule has 0 aromatic heterocycles. The van der Waals surface area contributed by atoms with Gasteiger partial charge in [0.2, 0.25) is 0 Å². The van der Waals surface area contributed by atoms with Crippen LogP contribution in [0.1, 0.15) is 87.2 Å². The second-order valence-electron chi connectivity index (χ2n) is 13.8. The fourth-order valence-corrected chi connectivity index (χ4v) is 9.05. The maximum absolute atomic E-state index is 2.52. The van der Waals surface area contributed by atoms with Gasteiger partial charge in [-0.15, -0.1) is 0 Å². The smallest absolute Gasteiger partial charge is 0.252 e. The zero-order valence-electron chi connectivity index (χ0n) is 26.2. The predicted molar refractivity (Wildman–Crippen MR) is 192 cm³/mol. The molecule has 9 rings (SSSR count). The van der Waals surface area contributed by atoms with Crippen LogP contribution >= 0.6 is 0 Å². The van der Waals surface area contributed by atoms with Gasteiger partial charge < -0.3 is 9.80 Å². The van der Waals surface area contributed by atoms with Crippen molar-refractivity contribution >= 4 is 57.2 Å². The van der Waals surface area contributed by atoms with Crippen LogP contribution in [0.25, 0.3) is 0 Å². The summed E-state index contributed by atoms with van der Waals surface area (Å²) in [7, 11) is 0. The minimum atomic E-state index is 0.194. The Balaban J connectivity index is 1.18. The van der Waals surface area contributed by atoms with Crippen LogP contribution in [0, 0.1) is 0 Å². The molecule has 4 aliphatic rings. The number of hydrogen-bond acceptors (Lipinski definition) is 2. The highest BCUT2D eigenvalue weighted by Gasteiger charge is 2.42. The fourth-order valence-electron chi connectivity index (χ4n) is 9.05. The van der Waals surface area contributed by atoms with Crippen molar-refractivity contribution in [1.29, 1.82) is 0 Å². The van der Waals surface area contributed by atoms with E-state index >= 15 is 0 Å². The summed E-state index contributed by atoms with van der Waals surface area (Å²) >= 11 is 0. The first kappa shape index (κ1) is 27.1. The molecule has 3 heteroatoms. The molecule has 2 aliphatic carbocycles. The second kappa shape index (κ2) is 11.3. The number of rotatable bonds is 4. The largest absolute Gasteiger partial charge is 0.311 e. The molecule has 0 bridgehead atoms. The lowest BCUT2D eigenvalue weighted by Gasteiger charge is -2.44. The average molecular weight is 585 g/mol. The van der Waals surface area contributed by atoms with Gasteiger partial charge in [-0.3, -0.25) is 0 Å². The van der Waals surface area contributed by atoms with E-state index < -0.39 is 0 Å². The van der Waals surface area contributed by atoms with Gasteiger partial charge in [0.15, 0.2) is 0 Å². The fraction of sp³-hybridized carbons (Fsp3) is 0.286. The van der Waals surface area contributed by atoms with Crippen LogP contribution in [0.15, 0.2) is 115 Å².